The standard InChI is InChI=1S/C18H20N2O5S/c1-24-17-7-6-12(26(22,23)20-11-4-5-11)9-15(17)19-18(21)14-10-13(14)16-3-2-8-25-16/h2-3,6-9,11,13-14,20H,4-5,10H2,1H3,(H,19,21). The number of methoxy groups -OCH3 is 1. The largest absolute Gasteiger partial charge is 0.495 e. The Morgan fingerprint density at radius 3 is 2.73 bits per heavy atom. The Bertz CT molecular complexity index is 919. The second-order valence-corrected chi connectivity index (χ2v) is 8.42. The van der Waals surface area contributed by atoms with E-state index < -0.39 is 10.0 Å². The van der Waals surface area contributed by atoms with Crippen molar-refractivity contribution in [3.63, 3.8) is 0 Å². The van der Waals surface area contributed by atoms with Gasteiger partial charge < -0.3 is 14.5 Å². The van der Waals surface area contributed by atoms with Gasteiger partial charge in [-0.2, -0.15) is 0 Å². The van der Waals surface area contributed by atoms with Crippen LogP contribution in [0.25, 0.3) is 0 Å². The number of anilines is 1. The summed E-state index contributed by atoms with van der Waals surface area (Å²) < 4.78 is 38.0. The van der Waals surface area contributed by atoms with Crippen LogP contribution < -0.4 is 14.8 Å². The number of furan rings is 1. The molecule has 0 spiro atoms. The van der Waals surface area contributed by atoms with E-state index in [9.17, 15) is 13.2 Å². The Hall–Kier alpha value is -2.32. The van der Waals surface area contributed by atoms with Crippen molar-refractivity contribution in [2.45, 2.75) is 36.1 Å². The third kappa shape index (κ3) is 3.47. The van der Waals surface area contributed by atoms with Gasteiger partial charge in [-0.05, 0) is 49.6 Å². The SMILES string of the molecule is COc1ccc(S(=O)(=O)NC2CC2)cc1NC(=O)C1CC1c1ccco1. The Kier molecular flexibility index (Phi) is 4.24. The van der Waals surface area contributed by atoms with Crippen molar-refractivity contribution in [1.29, 1.82) is 0 Å². The number of rotatable bonds is 7. The number of carbonyl (C=O) groups is 1. The van der Waals surface area contributed by atoms with E-state index in [4.69, 9.17) is 9.15 Å². The highest BCUT2D eigenvalue weighted by Gasteiger charge is 2.46. The van der Waals surface area contributed by atoms with E-state index in [0.717, 1.165) is 18.6 Å². The predicted octanol–water partition coefficient (Wildman–Crippen LogP) is 2.47. The average molecular weight is 376 g/mol. The lowest BCUT2D eigenvalue weighted by molar-refractivity contribution is -0.117. The molecular formula is C18H20N2O5S. The zero-order valence-corrected chi connectivity index (χ0v) is 15.1. The quantitative estimate of drug-likeness (QED) is 0.774. The molecule has 8 heteroatoms. The van der Waals surface area contributed by atoms with Crippen LogP contribution in [0.4, 0.5) is 5.69 Å². The molecule has 138 valence electrons. The van der Waals surface area contributed by atoms with Crippen LogP contribution in [0.1, 0.15) is 30.9 Å². The summed E-state index contributed by atoms with van der Waals surface area (Å²) in [5.74, 6) is 0.922. The maximum atomic E-state index is 12.5. The molecule has 0 aliphatic heterocycles. The fraction of sp³-hybridized carbons (Fsp3) is 0.389. The molecule has 1 amide bonds. The molecule has 1 aromatic carbocycles. The van der Waals surface area contributed by atoms with E-state index in [-0.39, 0.29) is 28.7 Å². The fourth-order valence-electron chi connectivity index (χ4n) is 2.97. The maximum absolute atomic E-state index is 12.5. The first-order valence-corrected chi connectivity index (χ1v) is 10.0. The molecule has 0 saturated heterocycles. The molecule has 2 aliphatic carbocycles. The van der Waals surface area contributed by atoms with Crippen molar-refractivity contribution in [1.82, 2.24) is 4.72 Å². The molecule has 2 aliphatic rings. The van der Waals surface area contributed by atoms with Crippen LogP contribution in [-0.4, -0.2) is 27.5 Å². The molecule has 0 radical (unpaired) electrons. The zero-order valence-electron chi connectivity index (χ0n) is 14.3. The topological polar surface area (TPSA) is 97.6 Å². The van der Waals surface area contributed by atoms with Crippen LogP contribution in [0.5, 0.6) is 5.75 Å². The highest BCUT2D eigenvalue weighted by molar-refractivity contribution is 7.89. The lowest BCUT2D eigenvalue weighted by Crippen LogP contribution is -2.26. The van der Waals surface area contributed by atoms with Gasteiger partial charge in [-0.15, -0.1) is 0 Å². The molecule has 2 atom stereocenters. The minimum Gasteiger partial charge on any atom is -0.495 e. The number of nitrogens with one attached hydrogen (secondary N) is 2. The van der Waals surface area contributed by atoms with Crippen LogP contribution in [0.2, 0.25) is 0 Å². The van der Waals surface area contributed by atoms with Gasteiger partial charge in [0.05, 0.1) is 24.0 Å². The number of sulfonamides is 1. The van der Waals surface area contributed by atoms with E-state index in [1.165, 1.54) is 19.2 Å². The van der Waals surface area contributed by atoms with E-state index >= 15 is 0 Å². The van der Waals surface area contributed by atoms with Gasteiger partial charge in [0.25, 0.3) is 0 Å². The first kappa shape index (κ1) is 17.1. The van der Waals surface area contributed by atoms with Crippen molar-refractivity contribution in [3.8, 4) is 5.75 Å². The average Bonchev–Trinajstić information content (AvgIpc) is 3.54. The minimum absolute atomic E-state index is 0.0145. The smallest absolute Gasteiger partial charge is 0.240 e. The normalized spacial score (nSPS) is 22.0. The highest BCUT2D eigenvalue weighted by Crippen LogP contribution is 2.48. The molecule has 1 aromatic heterocycles. The van der Waals surface area contributed by atoms with Gasteiger partial charge in [-0.25, -0.2) is 13.1 Å². The van der Waals surface area contributed by atoms with Gasteiger partial charge in [0.15, 0.2) is 0 Å². The van der Waals surface area contributed by atoms with Gasteiger partial charge in [-0.1, -0.05) is 0 Å². The summed E-state index contributed by atoms with van der Waals surface area (Å²) in [4.78, 5) is 12.6. The van der Waals surface area contributed by atoms with Crippen LogP contribution in [0, 0.1) is 5.92 Å². The summed E-state index contributed by atoms with van der Waals surface area (Å²) in [6, 6.07) is 8.13. The van der Waals surface area contributed by atoms with Gasteiger partial charge in [-0.3, -0.25) is 4.79 Å². The summed E-state index contributed by atoms with van der Waals surface area (Å²) in [6.45, 7) is 0. The molecule has 0 bridgehead atoms. The highest BCUT2D eigenvalue weighted by atomic mass is 32.2. The number of hydrogen-bond acceptors (Lipinski definition) is 5. The van der Waals surface area contributed by atoms with E-state index in [1.807, 2.05) is 6.07 Å². The minimum atomic E-state index is -3.60. The molecule has 4 rings (SSSR count). The van der Waals surface area contributed by atoms with E-state index in [1.54, 1.807) is 18.4 Å². The lowest BCUT2D eigenvalue weighted by Gasteiger charge is -2.13. The van der Waals surface area contributed by atoms with Crippen molar-refractivity contribution in [2.75, 3.05) is 12.4 Å². The number of hydrogen-bond donors (Lipinski definition) is 2. The Labute approximate surface area is 151 Å². The van der Waals surface area contributed by atoms with Crippen molar-refractivity contribution >= 4 is 21.6 Å². The van der Waals surface area contributed by atoms with Crippen LogP contribution in [0.15, 0.2) is 45.9 Å². The third-order valence-corrected chi connectivity index (χ3v) is 6.19. The summed E-state index contributed by atoms with van der Waals surface area (Å²) in [6.07, 6.45) is 4.01. The molecule has 2 fully saturated rings. The monoisotopic (exact) mass is 376 g/mol. The van der Waals surface area contributed by atoms with Crippen LogP contribution in [-0.2, 0) is 14.8 Å². The fourth-order valence-corrected chi connectivity index (χ4v) is 4.30. The third-order valence-electron chi connectivity index (χ3n) is 4.67. The van der Waals surface area contributed by atoms with Crippen LogP contribution in [0.3, 0.4) is 0 Å². The Morgan fingerprint density at radius 1 is 1.27 bits per heavy atom. The number of carbonyl (C=O) groups excluding carboxylic acids is 1. The van der Waals surface area contributed by atoms with Gasteiger partial charge in [0.2, 0.25) is 15.9 Å². The Balaban J connectivity index is 1.51. The summed E-state index contributed by atoms with van der Waals surface area (Å²) in [7, 11) is -2.13. The number of amides is 1. The Morgan fingerprint density at radius 2 is 2.08 bits per heavy atom. The summed E-state index contributed by atoms with van der Waals surface area (Å²) >= 11 is 0. The lowest BCUT2D eigenvalue weighted by atomic mass is 10.2. The first-order chi connectivity index (χ1) is 12.5. The van der Waals surface area contributed by atoms with Crippen molar-refractivity contribution in [2.24, 2.45) is 5.92 Å². The second-order valence-electron chi connectivity index (χ2n) is 6.71. The van der Waals surface area contributed by atoms with Crippen molar-refractivity contribution in [3.05, 3.63) is 42.4 Å². The summed E-state index contributed by atoms with van der Waals surface area (Å²) in [5.41, 5.74) is 0.348. The molecule has 2 N–H and O–H groups in total. The van der Waals surface area contributed by atoms with Gasteiger partial charge >= 0.3 is 0 Å². The number of benzene rings is 1. The second kappa shape index (κ2) is 6.44. The maximum Gasteiger partial charge on any atom is 0.240 e. The zero-order chi connectivity index (χ0) is 18.3. The number of ether oxygens (including phenoxy) is 1. The first-order valence-electron chi connectivity index (χ1n) is 8.52. The molecule has 1 heterocycles. The molecule has 2 unspecified atom stereocenters. The summed E-state index contributed by atoms with van der Waals surface area (Å²) in [5, 5.41) is 2.80. The molecule has 2 saturated carbocycles. The van der Waals surface area contributed by atoms with Gasteiger partial charge in [0.1, 0.15) is 11.5 Å². The molecule has 2 aromatic rings. The molecular weight excluding hydrogens is 356 g/mol. The van der Waals surface area contributed by atoms with Crippen LogP contribution >= 0.6 is 0 Å². The van der Waals surface area contributed by atoms with Crippen molar-refractivity contribution < 1.29 is 22.4 Å². The van der Waals surface area contributed by atoms with E-state index in [0.29, 0.717) is 17.9 Å². The molecule has 7 nitrogen and oxygen atoms in total. The molecule has 26 heavy (non-hydrogen) atoms. The van der Waals surface area contributed by atoms with Gasteiger partial charge in [0, 0.05) is 17.9 Å². The van der Waals surface area contributed by atoms with E-state index in [2.05, 4.69) is 10.0 Å². The predicted molar refractivity (Wildman–Crippen MR) is 94.5 cm³/mol.